The van der Waals surface area contributed by atoms with Gasteiger partial charge in [-0.05, 0) is 18.6 Å². The highest BCUT2D eigenvalue weighted by molar-refractivity contribution is 5.86. The SMILES string of the molecule is CCCCCCCCCCOc1c(O)c2ccc(OCCCO)cc2oc1=O. The molecule has 0 fully saturated rings. The van der Waals surface area contributed by atoms with Crippen molar-refractivity contribution >= 4 is 11.0 Å². The number of unbranched alkanes of at least 4 members (excludes halogenated alkanes) is 7. The van der Waals surface area contributed by atoms with Gasteiger partial charge >= 0.3 is 5.63 Å². The van der Waals surface area contributed by atoms with E-state index in [4.69, 9.17) is 19.0 Å². The predicted molar refractivity (Wildman–Crippen MR) is 109 cm³/mol. The van der Waals surface area contributed by atoms with Gasteiger partial charge < -0.3 is 24.1 Å². The fourth-order valence-electron chi connectivity index (χ4n) is 3.03. The molecular formula is C22H32O6. The number of aliphatic hydroxyl groups is 1. The van der Waals surface area contributed by atoms with E-state index < -0.39 is 5.63 Å². The van der Waals surface area contributed by atoms with E-state index in [1.807, 2.05) is 0 Å². The largest absolute Gasteiger partial charge is 0.504 e. The fraction of sp³-hybridized carbons (Fsp3) is 0.591. The summed E-state index contributed by atoms with van der Waals surface area (Å²) in [7, 11) is 0. The zero-order valence-electron chi connectivity index (χ0n) is 16.7. The Morgan fingerprint density at radius 3 is 2.32 bits per heavy atom. The van der Waals surface area contributed by atoms with Gasteiger partial charge in [-0.1, -0.05) is 51.9 Å². The second-order valence-corrected chi connectivity index (χ2v) is 6.97. The average molecular weight is 392 g/mol. The van der Waals surface area contributed by atoms with Gasteiger partial charge in [0.05, 0.1) is 18.6 Å². The molecule has 2 aromatic rings. The fourth-order valence-corrected chi connectivity index (χ4v) is 3.03. The van der Waals surface area contributed by atoms with E-state index >= 15 is 0 Å². The Hall–Kier alpha value is -2.21. The Balaban J connectivity index is 1.87. The van der Waals surface area contributed by atoms with Crippen LogP contribution >= 0.6 is 0 Å². The molecule has 0 saturated heterocycles. The van der Waals surface area contributed by atoms with Crippen molar-refractivity contribution in [3.05, 3.63) is 28.6 Å². The van der Waals surface area contributed by atoms with E-state index in [0.29, 0.717) is 30.8 Å². The number of aromatic hydroxyl groups is 1. The minimum absolute atomic E-state index is 0.0447. The highest BCUT2D eigenvalue weighted by Crippen LogP contribution is 2.33. The number of fused-ring (bicyclic) bond motifs is 1. The van der Waals surface area contributed by atoms with Crippen LogP contribution in [0.4, 0.5) is 0 Å². The van der Waals surface area contributed by atoms with E-state index in [1.54, 1.807) is 18.2 Å². The molecule has 2 rings (SSSR count). The summed E-state index contributed by atoms with van der Waals surface area (Å²) in [5.74, 6) is 0.174. The van der Waals surface area contributed by atoms with Gasteiger partial charge in [0, 0.05) is 19.1 Å². The van der Waals surface area contributed by atoms with Crippen molar-refractivity contribution in [2.24, 2.45) is 0 Å². The third-order valence-corrected chi connectivity index (χ3v) is 4.63. The van der Waals surface area contributed by atoms with Gasteiger partial charge in [-0.2, -0.15) is 0 Å². The van der Waals surface area contributed by atoms with Crippen molar-refractivity contribution < 1.29 is 24.1 Å². The van der Waals surface area contributed by atoms with E-state index in [9.17, 15) is 9.90 Å². The molecule has 0 saturated carbocycles. The Morgan fingerprint density at radius 1 is 0.929 bits per heavy atom. The molecule has 0 aliphatic heterocycles. The van der Waals surface area contributed by atoms with Gasteiger partial charge in [0.2, 0.25) is 5.75 Å². The molecule has 28 heavy (non-hydrogen) atoms. The molecule has 0 atom stereocenters. The molecule has 0 bridgehead atoms. The summed E-state index contributed by atoms with van der Waals surface area (Å²) in [6, 6.07) is 4.86. The van der Waals surface area contributed by atoms with E-state index in [0.717, 1.165) is 19.3 Å². The van der Waals surface area contributed by atoms with Crippen LogP contribution in [0.3, 0.4) is 0 Å². The number of hydrogen-bond acceptors (Lipinski definition) is 6. The molecule has 0 amide bonds. The molecule has 1 aromatic carbocycles. The van der Waals surface area contributed by atoms with Gasteiger partial charge in [-0.25, -0.2) is 4.79 Å². The first-order valence-electron chi connectivity index (χ1n) is 10.3. The summed E-state index contributed by atoms with van der Waals surface area (Å²) in [6.45, 7) is 2.99. The lowest BCUT2D eigenvalue weighted by Crippen LogP contribution is -2.08. The Kier molecular flexibility index (Phi) is 9.69. The predicted octanol–water partition coefficient (Wildman–Crippen LogP) is 4.78. The minimum Gasteiger partial charge on any atom is -0.504 e. The monoisotopic (exact) mass is 392 g/mol. The highest BCUT2D eigenvalue weighted by atomic mass is 16.5. The first-order chi connectivity index (χ1) is 13.7. The standard InChI is InChI=1S/C22H32O6/c1-2-3-4-5-6-7-8-9-14-27-21-20(24)18-12-11-17(26-15-10-13-23)16-19(18)28-22(21)25/h11-12,16,23-24H,2-10,13-15H2,1H3. The number of ether oxygens (including phenoxy) is 2. The topological polar surface area (TPSA) is 89.1 Å². The van der Waals surface area contributed by atoms with Gasteiger partial charge in [0.15, 0.2) is 5.75 Å². The summed E-state index contributed by atoms with van der Waals surface area (Å²) in [6.07, 6.45) is 9.90. The molecule has 2 N–H and O–H groups in total. The highest BCUT2D eigenvalue weighted by Gasteiger charge is 2.16. The molecule has 0 radical (unpaired) electrons. The van der Waals surface area contributed by atoms with Gasteiger partial charge in [0.25, 0.3) is 0 Å². The van der Waals surface area contributed by atoms with Crippen LogP contribution in [0.25, 0.3) is 11.0 Å². The molecule has 1 aromatic heterocycles. The zero-order valence-corrected chi connectivity index (χ0v) is 16.7. The van der Waals surface area contributed by atoms with Gasteiger partial charge in [0.1, 0.15) is 11.3 Å². The third-order valence-electron chi connectivity index (χ3n) is 4.63. The summed E-state index contributed by atoms with van der Waals surface area (Å²) < 4.78 is 16.3. The molecule has 1 heterocycles. The maximum Gasteiger partial charge on any atom is 0.383 e. The minimum atomic E-state index is -0.697. The molecule has 6 heteroatoms. The molecular weight excluding hydrogens is 360 g/mol. The number of hydrogen-bond donors (Lipinski definition) is 2. The van der Waals surface area contributed by atoms with Crippen LogP contribution in [0.15, 0.2) is 27.4 Å². The molecule has 0 aliphatic rings. The first-order valence-corrected chi connectivity index (χ1v) is 10.3. The number of aliphatic hydroxyl groups excluding tert-OH is 1. The maximum atomic E-state index is 12.2. The zero-order chi connectivity index (χ0) is 20.2. The molecule has 0 unspecified atom stereocenters. The van der Waals surface area contributed by atoms with Crippen LogP contribution in [0.1, 0.15) is 64.7 Å². The van der Waals surface area contributed by atoms with Crippen molar-refractivity contribution in [3.8, 4) is 17.2 Å². The van der Waals surface area contributed by atoms with Crippen LogP contribution in [0.5, 0.6) is 17.2 Å². The lowest BCUT2D eigenvalue weighted by molar-refractivity contribution is 0.233. The van der Waals surface area contributed by atoms with E-state index in [2.05, 4.69) is 6.92 Å². The van der Waals surface area contributed by atoms with Crippen LogP contribution in [0, 0.1) is 0 Å². The van der Waals surface area contributed by atoms with Crippen molar-refractivity contribution in [1.29, 1.82) is 0 Å². The van der Waals surface area contributed by atoms with Crippen molar-refractivity contribution in [2.75, 3.05) is 19.8 Å². The lowest BCUT2D eigenvalue weighted by Gasteiger charge is -2.10. The summed E-state index contributed by atoms with van der Waals surface area (Å²) in [5.41, 5.74) is -0.458. The van der Waals surface area contributed by atoms with Gasteiger partial charge in [-0.3, -0.25) is 0 Å². The van der Waals surface area contributed by atoms with Crippen LogP contribution in [-0.4, -0.2) is 30.0 Å². The van der Waals surface area contributed by atoms with Crippen LogP contribution < -0.4 is 15.1 Å². The first kappa shape index (κ1) is 22.1. The number of benzene rings is 1. The second-order valence-electron chi connectivity index (χ2n) is 6.97. The lowest BCUT2D eigenvalue weighted by atomic mass is 10.1. The summed E-state index contributed by atoms with van der Waals surface area (Å²) in [5, 5.41) is 19.6. The third kappa shape index (κ3) is 6.75. The van der Waals surface area contributed by atoms with Crippen molar-refractivity contribution in [2.45, 2.75) is 64.7 Å². The van der Waals surface area contributed by atoms with Crippen molar-refractivity contribution in [3.63, 3.8) is 0 Å². The van der Waals surface area contributed by atoms with E-state index in [1.165, 1.54) is 32.1 Å². The molecule has 0 aliphatic carbocycles. The summed E-state index contributed by atoms with van der Waals surface area (Å²) >= 11 is 0. The normalized spacial score (nSPS) is 11.1. The van der Waals surface area contributed by atoms with E-state index in [-0.39, 0.29) is 23.7 Å². The van der Waals surface area contributed by atoms with Crippen LogP contribution in [-0.2, 0) is 0 Å². The van der Waals surface area contributed by atoms with Gasteiger partial charge in [-0.15, -0.1) is 0 Å². The molecule has 0 spiro atoms. The Morgan fingerprint density at radius 2 is 1.61 bits per heavy atom. The Labute approximate surface area is 166 Å². The molecule has 156 valence electrons. The smallest absolute Gasteiger partial charge is 0.383 e. The second kappa shape index (κ2) is 12.3. The quantitative estimate of drug-likeness (QED) is 0.355. The van der Waals surface area contributed by atoms with Crippen LogP contribution in [0.2, 0.25) is 0 Å². The maximum absolute atomic E-state index is 12.2. The number of rotatable bonds is 14. The molecule has 6 nitrogen and oxygen atoms in total. The average Bonchev–Trinajstić information content (AvgIpc) is 2.69. The summed E-state index contributed by atoms with van der Waals surface area (Å²) in [4.78, 5) is 12.2. The Bertz CT molecular complexity index is 767. The van der Waals surface area contributed by atoms with Crippen molar-refractivity contribution in [1.82, 2.24) is 0 Å².